The van der Waals surface area contributed by atoms with Crippen LogP contribution < -0.4 is 11.1 Å². The second kappa shape index (κ2) is 5.71. The van der Waals surface area contributed by atoms with Gasteiger partial charge in [-0.25, -0.2) is 0 Å². The Balaban J connectivity index is 2.03. The molecule has 0 radical (unpaired) electrons. The van der Waals surface area contributed by atoms with Crippen LogP contribution in [0.5, 0.6) is 0 Å². The van der Waals surface area contributed by atoms with Crippen molar-refractivity contribution in [3.63, 3.8) is 0 Å². The van der Waals surface area contributed by atoms with Gasteiger partial charge in [-0.3, -0.25) is 4.79 Å². The zero-order valence-corrected chi connectivity index (χ0v) is 11.1. The number of amides is 1. The van der Waals surface area contributed by atoms with E-state index in [0.717, 1.165) is 16.9 Å². The highest BCUT2D eigenvalue weighted by Crippen LogP contribution is 2.15. The van der Waals surface area contributed by atoms with Gasteiger partial charge in [0.05, 0.1) is 6.04 Å². The smallest absolute Gasteiger partial charge is 0.287 e. The Morgan fingerprint density at radius 3 is 2.47 bits per heavy atom. The fourth-order valence-electron chi connectivity index (χ4n) is 1.85. The molecule has 0 bridgehead atoms. The molecule has 2 aromatic rings. The lowest BCUT2D eigenvalue weighted by atomic mass is 10.1. The Morgan fingerprint density at radius 1 is 1.26 bits per heavy atom. The molecule has 4 nitrogen and oxygen atoms in total. The van der Waals surface area contributed by atoms with Gasteiger partial charge in [-0.05, 0) is 37.1 Å². The van der Waals surface area contributed by atoms with Crippen LogP contribution in [-0.4, -0.2) is 5.91 Å². The van der Waals surface area contributed by atoms with Crippen LogP contribution in [0.1, 0.15) is 40.4 Å². The lowest BCUT2D eigenvalue weighted by Gasteiger charge is -2.13. The van der Waals surface area contributed by atoms with E-state index in [1.165, 1.54) is 0 Å². The summed E-state index contributed by atoms with van der Waals surface area (Å²) in [5.74, 6) is 0.858. The predicted octanol–water partition coefficient (Wildman–Crippen LogP) is 2.54. The van der Waals surface area contributed by atoms with Gasteiger partial charge < -0.3 is 15.5 Å². The highest BCUT2D eigenvalue weighted by Gasteiger charge is 2.14. The molecule has 1 amide bonds. The Labute approximate surface area is 112 Å². The van der Waals surface area contributed by atoms with Crippen molar-refractivity contribution in [3.8, 4) is 0 Å². The third-order valence-corrected chi connectivity index (χ3v) is 3.03. The van der Waals surface area contributed by atoms with Crippen LogP contribution in [0.3, 0.4) is 0 Å². The van der Waals surface area contributed by atoms with Crippen molar-refractivity contribution in [2.24, 2.45) is 5.73 Å². The molecule has 1 aromatic carbocycles. The number of hydrogen-bond acceptors (Lipinski definition) is 3. The van der Waals surface area contributed by atoms with Gasteiger partial charge in [0.25, 0.3) is 5.91 Å². The minimum absolute atomic E-state index is 0.0790. The maximum atomic E-state index is 11.9. The molecule has 1 unspecified atom stereocenters. The summed E-state index contributed by atoms with van der Waals surface area (Å²) in [7, 11) is 0. The number of carbonyl (C=O) groups excluding carboxylic acids is 1. The summed E-state index contributed by atoms with van der Waals surface area (Å²) < 4.78 is 5.29. The van der Waals surface area contributed by atoms with Crippen molar-refractivity contribution in [1.29, 1.82) is 0 Å². The summed E-state index contributed by atoms with van der Waals surface area (Å²) in [4.78, 5) is 11.9. The Kier molecular flexibility index (Phi) is 4.02. The molecule has 100 valence electrons. The van der Waals surface area contributed by atoms with Crippen molar-refractivity contribution in [2.45, 2.75) is 26.4 Å². The molecule has 19 heavy (non-hydrogen) atoms. The minimum atomic E-state index is -0.205. The van der Waals surface area contributed by atoms with Gasteiger partial charge in [0.2, 0.25) is 0 Å². The molecule has 0 saturated carbocycles. The quantitative estimate of drug-likeness (QED) is 0.885. The lowest BCUT2D eigenvalue weighted by Crippen LogP contribution is -2.26. The molecule has 0 spiro atoms. The number of nitrogens with one attached hydrogen (secondary N) is 1. The van der Waals surface area contributed by atoms with Gasteiger partial charge in [0, 0.05) is 6.54 Å². The van der Waals surface area contributed by atoms with E-state index in [1.807, 2.05) is 38.1 Å². The van der Waals surface area contributed by atoms with E-state index in [2.05, 4.69) is 5.32 Å². The van der Waals surface area contributed by atoms with Gasteiger partial charge in [0.1, 0.15) is 5.76 Å². The van der Waals surface area contributed by atoms with E-state index >= 15 is 0 Å². The van der Waals surface area contributed by atoms with E-state index in [9.17, 15) is 4.79 Å². The monoisotopic (exact) mass is 258 g/mol. The summed E-state index contributed by atoms with van der Waals surface area (Å²) in [5.41, 5.74) is 7.66. The number of rotatable bonds is 4. The second-order valence-electron chi connectivity index (χ2n) is 4.55. The number of aryl methyl sites for hydroxylation is 1. The predicted molar refractivity (Wildman–Crippen MR) is 73.7 cm³/mol. The first-order chi connectivity index (χ1) is 9.10. The van der Waals surface area contributed by atoms with E-state index in [-0.39, 0.29) is 11.9 Å². The molecule has 0 aliphatic heterocycles. The highest BCUT2D eigenvalue weighted by molar-refractivity contribution is 5.91. The molecular formula is C15H18N2O2. The molecule has 0 aliphatic carbocycles. The van der Waals surface area contributed by atoms with E-state index in [0.29, 0.717) is 12.3 Å². The Morgan fingerprint density at radius 2 is 1.95 bits per heavy atom. The number of benzene rings is 1. The molecule has 1 aromatic heterocycles. The van der Waals surface area contributed by atoms with Crippen molar-refractivity contribution >= 4 is 5.91 Å². The van der Waals surface area contributed by atoms with Crippen molar-refractivity contribution in [1.82, 2.24) is 5.32 Å². The van der Waals surface area contributed by atoms with Crippen LogP contribution in [0, 0.1) is 6.92 Å². The largest absolute Gasteiger partial charge is 0.456 e. The van der Waals surface area contributed by atoms with Gasteiger partial charge >= 0.3 is 0 Å². The molecule has 2 rings (SSSR count). The highest BCUT2D eigenvalue weighted by atomic mass is 16.3. The maximum Gasteiger partial charge on any atom is 0.287 e. The Bertz CT molecular complexity index is 558. The molecule has 3 N–H and O–H groups in total. The van der Waals surface area contributed by atoms with Crippen LogP contribution in [-0.2, 0) is 6.54 Å². The number of nitrogens with two attached hydrogens (primary N) is 1. The number of hydrogen-bond donors (Lipinski definition) is 2. The summed E-state index contributed by atoms with van der Waals surface area (Å²) >= 11 is 0. The summed E-state index contributed by atoms with van der Waals surface area (Å²) in [6.07, 6.45) is 0. The molecule has 0 aliphatic rings. The number of carbonyl (C=O) groups is 1. The fraction of sp³-hybridized carbons (Fsp3) is 0.267. The summed E-state index contributed by atoms with van der Waals surface area (Å²) in [5, 5.41) is 2.90. The third-order valence-electron chi connectivity index (χ3n) is 3.03. The standard InChI is InChI=1S/C15H18N2O2/c1-10-3-8-14(19-10)15(18)17-11(2)13-6-4-12(9-16)5-7-13/h3-8,11H,9,16H2,1-2H3,(H,17,18). The van der Waals surface area contributed by atoms with E-state index < -0.39 is 0 Å². The second-order valence-corrected chi connectivity index (χ2v) is 4.55. The van der Waals surface area contributed by atoms with Crippen LogP contribution in [0.15, 0.2) is 40.8 Å². The minimum Gasteiger partial charge on any atom is -0.456 e. The van der Waals surface area contributed by atoms with Crippen LogP contribution in [0.25, 0.3) is 0 Å². The molecule has 1 atom stereocenters. The molecule has 0 fully saturated rings. The average molecular weight is 258 g/mol. The van der Waals surface area contributed by atoms with E-state index in [1.54, 1.807) is 12.1 Å². The first kappa shape index (κ1) is 13.4. The van der Waals surface area contributed by atoms with Crippen molar-refractivity contribution in [2.75, 3.05) is 0 Å². The molecular weight excluding hydrogens is 240 g/mol. The van der Waals surface area contributed by atoms with Gasteiger partial charge in [0.15, 0.2) is 5.76 Å². The lowest BCUT2D eigenvalue weighted by molar-refractivity contribution is 0.0910. The molecule has 4 heteroatoms. The van der Waals surface area contributed by atoms with Gasteiger partial charge in [-0.2, -0.15) is 0 Å². The third kappa shape index (κ3) is 3.23. The van der Waals surface area contributed by atoms with Crippen molar-refractivity contribution in [3.05, 3.63) is 59.0 Å². The Hall–Kier alpha value is -2.07. The first-order valence-electron chi connectivity index (χ1n) is 6.26. The normalized spacial score (nSPS) is 12.2. The van der Waals surface area contributed by atoms with Gasteiger partial charge in [-0.15, -0.1) is 0 Å². The average Bonchev–Trinajstić information content (AvgIpc) is 2.85. The van der Waals surface area contributed by atoms with Gasteiger partial charge in [-0.1, -0.05) is 24.3 Å². The zero-order valence-electron chi connectivity index (χ0n) is 11.1. The van der Waals surface area contributed by atoms with Crippen LogP contribution >= 0.6 is 0 Å². The fourth-order valence-corrected chi connectivity index (χ4v) is 1.85. The van der Waals surface area contributed by atoms with Crippen molar-refractivity contribution < 1.29 is 9.21 Å². The summed E-state index contributed by atoms with van der Waals surface area (Å²) in [6, 6.07) is 11.3. The van der Waals surface area contributed by atoms with Crippen LogP contribution in [0.4, 0.5) is 0 Å². The van der Waals surface area contributed by atoms with Crippen LogP contribution in [0.2, 0.25) is 0 Å². The SMILES string of the molecule is Cc1ccc(C(=O)NC(C)c2ccc(CN)cc2)o1. The maximum absolute atomic E-state index is 11.9. The topological polar surface area (TPSA) is 68.3 Å². The number of furan rings is 1. The summed E-state index contributed by atoms with van der Waals surface area (Å²) in [6.45, 7) is 4.27. The first-order valence-corrected chi connectivity index (χ1v) is 6.26. The molecule has 1 heterocycles. The molecule has 0 saturated heterocycles. The zero-order chi connectivity index (χ0) is 13.8. The van der Waals surface area contributed by atoms with E-state index in [4.69, 9.17) is 10.2 Å².